The van der Waals surface area contributed by atoms with E-state index in [1.54, 1.807) is 18.2 Å². The maximum atomic E-state index is 11.2. The van der Waals surface area contributed by atoms with Gasteiger partial charge < -0.3 is 14.8 Å². The Kier molecular flexibility index (Phi) is 6.26. The van der Waals surface area contributed by atoms with Crippen molar-refractivity contribution in [2.75, 3.05) is 32.8 Å². The molecule has 2 fully saturated rings. The Morgan fingerprint density at radius 3 is 2.48 bits per heavy atom. The Morgan fingerprint density at radius 2 is 1.91 bits per heavy atom. The van der Waals surface area contributed by atoms with Crippen LogP contribution in [0.5, 0.6) is 5.75 Å². The molecule has 0 saturated carbocycles. The first-order valence-corrected chi connectivity index (χ1v) is 8.10. The van der Waals surface area contributed by atoms with E-state index in [1.807, 2.05) is 0 Å². The van der Waals surface area contributed by atoms with Crippen LogP contribution in [0, 0.1) is 0 Å². The van der Waals surface area contributed by atoms with Crippen LogP contribution in [0.25, 0.3) is 0 Å². The van der Waals surface area contributed by atoms with Crippen LogP contribution in [-0.2, 0) is 4.74 Å². The van der Waals surface area contributed by atoms with Gasteiger partial charge in [0, 0.05) is 32.5 Å². The average molecular weight is 382 g/mol. The quantitative estimate of drug-likeness (QED) is 0.869. The Labute approximate surface area is 151 Å². The Bertz CT molecular complexity index is 543. The van der Waals surface area contributed by atoms with Gasteiger partial charge in [0.05, 0.1) is 16.6 Å². The molecule has 2 aliphatic heterocycles. The Balaban J connectivity index is 0.00000192. The van der Waals surface area contributed by atoms with E-state index < -0.39 is 0 Å². The van der Waals surface area contributed by atoms with Crippen LogP contribution in [0.1, 0.15) is 12.8 Å². The standard InChI is InChI=1S/C15H18Cl2N2O3.ClH/c16-11-2-1-3-12(17)13(11)21-9-8-19-6-4-15(5-7-19)10-18-14(20)22-15;/h1-3H,4-10H2,(H,18,20);1H. The molecule has 5 nitrogen and oxygen atoms in total. The van der Waals surface area contributed by atoms with Crippen molar-refractivity contribution in [3.05, 3.63) is 28.2 Å². The summed E-state index contributed by atoms with van der Waals surface area (Å²) < 4.78 is 11.1. The first-order valence-electron chi connectivity index (χ1n) is 7.34. The van der Waals surface area contributed by atoms with Gasteiger partial charge in [0.1, 0.15) is 12.2 Å². The number of halogens is 3. The van der Waals surface area contributed by atoms with E-state index in [0.717, 1.165) is 32.5 Å². The van der Waals surface area contributed by atoms with Crippen molar-refractivity contribution < 1.29 is 14.3 Å². The number of alkyl carbamates (subject to hydrolysis) is 1. The molecular weight excluding hydrogens is 363 g/mol. The minimum Gasteiger partial charge on any atom is -0.489 e. The number of ether oxygens (including phenoxy) is 2. The number of nitrogens with zero attached hydrogens (tertiary/aromatic N) is 1. The van der Waals surface area contributed by atoms with Crippen LogP contribution in [-0.4, -0.2) is 49.4 Å². The fourth-order valence-electron chi connectivity index (χ4n) is 2.86. The molecule has 2 heterocycles. The lowest BCUT2D eigenvalue weighted by Gasteiger charge is -2.37. The largest absolute Gasteiger partial charge is 0.489 e. The summed E-state index contributed by atoms with van der Waals surface area (Å²) in [5.41, 5.74) is -0.305. The molecule has 0 aliphatic carbocycles. The smallest absolute Gasteiger partial charge is 0.407 e. The number of hydrogen-bond acceptors (Lipinski definition) is 4. The van der Waals surface area contributed by atoms with Crippen molar-refractivity contribution in [1.29, 1.82) is 0 Å². The minimum atomic E-state index is -0.305. The van der Waals surface area contributed by atoms with Crippen LogP contribution < -0.4 is 10.1 Å². The maximum absolute atomic E-state index is 11.2. The zero-order chi connectivity index (χ0) is 15.6. The predicted octanol–water partition coefficient (Wildman–Crippen LogP) is 3.37. The number of hydrogen-bond donors (Lipinski definition) is 1. The summed E-state index contributed by atoms with van der Waals surface area (Å²) >= 11 is 12.1. The molecular formula is C15H19Cl3N2O3. The number of benzene rings is 1. The zero-order valence-corrected chi connectivity index (χ0v) is 14.8. The van der Waals surface area contributed by atoms with Gasteiger partial charge in [-0.3, -0.25) is 4.90 Å². The van der Waals surface area contributed by atoms with E-state index in [-0.39, 0.29) is 24.1 Å². The van der Waals surface area contributed by atoms with Crippen molar-refractivity contribution in [2.24, 2.45) is 0 Å². The van der Waals surface area contributed by atoms with Crippen molar-refractivity contribution in [3.8, 4) is 5.75 Å². The molecule has 1 aromatic rings. The summed E-state index contributed by atoms with van der Waals surface area (Å²) in [4.78, 5) is 13.5. The van der Waals surface area contributed by atoms with Gasteiger partial charge in [-0.2, -0.15) is 0 Å². The SMILES string of the molecule is Cl.O=C1NCC2(CCN(CCOc3c(Cl)cccc3Cl)CC2)O1. The van der Waals surface area contributed by atoms with Crippen LogP contribution >= 0.6 is 35.6 Å². The first-order chi connectivity index (χ1) is 10.6. The third-order valence-corrected chi connectivity index (χ3v) is 4.80. The van der Waals surface area contributed by atoms with Gasteiger partial charge in [0.15, 0.2) is 5.75 Å². The highest BCUT2D eigenvalue weighted by atomic mass is 35.5. The van der Waals surface area contributed by atoms with Crippen molar-refractivity contribution in [3.63, 3.8) is 0 Å². The van der Waals surface area contributed by atoms with Gasteiger partial charge in [-0.15, -0.1) is 12.4 Å². The van der Waals surface area contributed by atoms with Gasteiger partial charge in [-0.1, -0.05) is 29.3 Å². The maximum Gasteiger partial charge on any atom is 0.407 e. The monoisotopic (exact) mass is 380 g/mol. The number of carbonyl (C=O) groups is 1. The molecule has 1 N–H and O–H groups in total. The van der Waals surface area contributed by atoms with Crippen molar-refractivity contribution in [2.45, 2.75) is 18.4 Å². The lowest BCUT2D eigenvalue weighted by Crippen LogP contribution is -2.47. The second-order valence-electron chi connectivity index (χ2n) is 5.67. The third kappa shape index (κ3) is 4.35. The van der Waals surface area contributed by atoms with E-state index in [4.69, 9.17) is 32.7 Å². The molecule has 128 valence electrons. The summed E-state index contributed by atoms with van der Waals surface area (Å²) in [5.74, 6) is 0.535. The predicted molar refractivity (Wildman–Crippen MR) is 92.1 cm³/mol. The van der Waals surface area contributed by atoms with Crippen LogP contribution in [0.2, 0.25) is 10.0 Å². The summed E-state index contributed by atoms with van der Waals surface area (Å²) in [7, 11) is 0. The van der Waals surface area contributed by atoms with E-state index in [1.165, 1.54) is 0 Å². The van der Waals surface area contributed by atoms with Crippen LogP contribution in [0.4, 0.5) is 4.79 Å². The first kappa shape index (κ1) is 18.5. The molecule has 2 saturated heterocycles. The molecule has 0 aromatic heterocycles. The molecule has 8 heteroatoms. The van der Waals surface area contributed by atoms with E-state index in [2.05, 4.69) is 10.2 Å². The van der Waals surface area contributed by atoms with Gasteiger partial charge in [0.2, 0.25) is 0 Å². The van der Waals surface area contributed by atoms with Gasteiger partial charge in [-0.05, 0) is 12.1 Å². The molecule has 2 aliphatic rings. The second-order valence-corrected chi connectivity index (χ2v) is 6.48. The van der Waals surface area contributed by atoms with Crippen LogP contribution in [0.3, 0.4) is 0 Å². The molecule has 0 bridgehead atoms. The highest BCUT2D eigenvalue weighted by Crippen LogP contribution is 2.32. The molecule has 1 aromatic carbocycles. The lowest BCUT2D eigenvalue weighted by molar-refractivity contribution is -0.00146. The van der Waals surface area contributed by atoms with Crippen LogP contribution in [0.15, 0.2) is 18.2 Å². The topological polar surface area (TPSA) is 50.8 Å². The molecule has 1 spiro atoms. The second kappa shape index (κ2) is 7.79. The lowest BCUT2D eigenvalue weighted by atomic mass is 9.92. The molecule has 23 heavy (non-hydrogen) atoms. The number of amides is 1. The number of nitrogens with one attached hydrogen (secondary N) is 1. The number of likely N-dealkylation sites (tertiary alicyclic amines) is 1. The zero-order valence-electron chi connectivity index (χ0n) is 12.5. The summed E-state index contributed by atoms with van der Waals surface area (Å²) in [6.45, 7) is 3.70. The molecule has 0 radical (unpaired) electrons. The highest BCUT2D eigenvalue weighted by Gasteiger charge is 2.42. The minimum absolute atomic E-state index is 0. The van der Waals surface area contributed by atoms with Gasteiger partial charge in [0.25, 0.3) is 0 Å². The number of para-hydroxylation sites is 1. The fourth-order valence-corrected chi connectivity index (χ4v) is 3.37. The molecule has 0 atom stereocenters. The highest BCUT2D eigenvalue weighted by molar-refractivity contribution is 6.37. The Morgan fingerprint density at radius 1 is 1.26 bits per heavy atom. The number of carbonyl (C=O) groups excluding carboxylic acids is 1. The molecule has 0 unspecified atom stereocenters. The summed E-state index contributed by atoms with van der Waals surface area (Å²) in [6.07, 6.45) is 1.39. The fraction of sp³-hybridized carbons (Fsp3) is 0.533. The number of rotatable bonds is 4. The van der Waals surface area contributed by atoms with Crippen molar-refractivity contribution >= 4 is 41.7 Å². The molecule has 1 amide bonds. The summed E-state index contributed by atoms with van der Waals surface area (Å²) in [5, 5.41) is 3.78. The van der Waals surface area contributed by atoms with Gasteiger partial charge >= 0.3 is 6.09 Å². The van der Waals surface area contributed by atoms with Gasteiger partial charge in [-0.25, -0.2) is 4.79 Å². The van der Waals surface area contributed by atoms with E-state index in [0.29, 0.717) is 28.9 Å². The molecule has 3 rings (SSSR count). The van der Waals surface area contributed by atoms with E-state index >= 15 is 0 Å². The normalized spacial score (nSPS) is 19.8. The average Bonchev–Trinajstić information content (AvgIpc) is 2.85. The Hall–Kier alpha value is -0.880. The third-order valence-electron chi connectivity index (χ3n) is 4.20. The van der Waals surface area contributed by atoms with E-state index in [9.17, 15) is 4.79 Å². The number of piperidine rings is 1. The van der Waals surface area contributed by atoms with Crippen molar-refractivity contribution in [1.82, 2.24) is 10.2 Å². The summed E-state index contributed by atoms with van der Waals surface area (Å²) in [6, 6.07) is 5.31.